The second kappa shape index (κ2) is 7.13. The SMILES string of the molecule is COC(=O)COc1cccc2c(C[NH-])coc12.[Ac]. The third-order valence-corrected chi connectivity index (χ3v) is 2.41. The predicted octanol–water partition coefficient (Wildman–Crippen LogP) is 2.54. The molecule has 0 amide bonds. The van der Waals surface area contributed by atoms with Crippen molar-refractivity contribution in [2.45, 2.75) is 6.54 Å². The number of esters is 1. The van der Waals surface area contributed by atoms with Crippen LogP contribution in [-0.2, 0) is 16.1 Å². The number of benzene rings is 1. The normalized spacial score (nSPS) is 9.89. The standard InChI is InChI=1S/C12H12NO4.Ac/c1-15-11(14)7-16-10-4-2-3-9-8(5-13)6-17-12(9)10;/h2-4,6,13H,5,7H2,1H3;/q-1;. The number of carbonyl (C=O) groups is 1. The van der Waals surface area contributed by atoms with Crippen LogP contribution in [0.2, 0.25) is 0 Å². The average Bonchev–Trinajstić information content (AvgIpc) is 2.79. The molecule has 0 aliphatic heterocycles. The van der Waals surface area contributed by atoms with Gasteiger partial charge in [-0.2, -0.15) is 0 Å². The Morgan fingerprint density at radius 3 is 2.89 bits per heavy atom. The number of methoxy groups -OCH3 is 1. The van der Waals surface area contributed by atoms with E-state index in [1.807, 2.05) is 6.07 Å². The van der Waals surface area contributed by atoms with Crippen LogP contribution in [0, 0.1) is 44.1 Å². The molecular formula is C12H12AcNO4-. The molecule has 2 aromatic rings. The maximum absolute atomic E-state index is 11.0. The summed E-state index contributed by atoms with van der Waals surface area (Å²) in [5.74, 6) is 0.0295. The van der Waals surface area contributed by atoms with Crippen molar-refractivity contribution in [2.75, 3.05) is 13.7 Å². The molecule has 0 atom stereocenters. The van der Waals surface area contributed by atoms with Crippen molar-refractivity contribution in [2.24, 2.45) is 0 Å². The number of ether oxygens (including phenoxy) is 2. The first-order chi connectivity index (χ1) is 8.26. The molecule has 93 valence electrons. The van der Waals surface area contributed by atoms with Gasteiger partial charge in [-0.25, -0.2) is 4.79 Å². The van der Waals surface area contributed by atoms with Crippen LogP contribution in [0.25, 0.3) is 16.7 Å². The summed E-state index contributed by atoms with van der Waals surface area (Å²) in [6.07, 6.45) is 1.53. The van der Waals surface area contributed by atoms with E-state index in [4.69, 9.17) is 14.9 Å². The Hall–Kier alpha value is -0.568. The quantitative estimate of drug-likeness (QED) is 0.657. The van der Waals surface area contributed by atoms with E-state index in [2.05, 4.69) is 4.74 Å². The summed E-state index contributed by atoms with van der Waals surface area (Å²) in [6, 6.07) is 5.36. The Kier molecular flexibility index (Phi) is 6.13. The van der Waals surface area contributed by atoms with Crippen LogP contribution < -0.4 is 4.74 Å². The van der Waals surface area contributed by atoms with E-state index in [0.29, 0.717) is 11.3 Å². The molecule has 1 radical (unpaired) electrons. The number of hydrogen-bond acceptors (Lipinski definition) is 4. The van der Waals surface area contributed by atoms with Gasteiger partial charge < -0.3 is 19.6 Å². The summed E-state index contributed by atoms with van der Waals surface area (Å²) in [5.41, 5.74) is 8.69. The maximum Gasteiger partial charge on any atom is 0.343 e. The van der Waals surface area contributed by atoms with Gasteiger partial charge in [0.1, 0.15) is 0 Å². The fourth-order valence-electron chi connectivity index (χ4n) is 1.53. The van der Waals surface area contributed by atoms with Gasteiger partial charge in [-0.15, -0.1) is 6.54 Å². The van der Waals surface area contributed by atoms with Crippen molar-refractivity contribution in [3.63, 3.8) is 0 Å². The van der Waals surface area contributed by atoms with E-state index in [9.17, 15) is 4.79 Å². The van der Waals surface area contributed by atoms with Gasteiger partial charge in [0.05, 0.1) is 13.4 Å². The van der Waals surface area contributed by atoms with Crippen molar-refractivity contribution in [1.82, 2.24) is 0 Å². The molecule has 0 fully saturated rings. The molecule has 0 saturated heterocycles. The van der Waals surface area contributed by atoms with Crippen molar-refractivity contribution < 1.29 is 62.7 Å². The Morgan fingerprint density at radius 1 is 1.44 bits per heavy atom. The minimum Gasteiger partial charge on any atom is -0.674 e. The first-order valence-electron chi connectivity index (χ1n) is 5.09. The third kappa shape index (κ3) is 3.25. The zero-order valence-electron chi connectivity index (χ0n) is 9.93. The Labute approximate surface area is 140 Å². The Bertz CT molecular complexity index is 538. The molecule has 6 heteroatoms. The molecule has 0 aliphatic carbocycles. The van der Waals surface area contributed by atoms with Crippen molar-refractivity contribution in [3.8, 4) is 5.75 Å². The molecule has 1 heterocycles. The molecule has 1 aromatic carbocycles. The van der Waals surface area contributed by atoms with Gasteiger partial charge in [0.25, 0.3) is 0 Å². The minimum atomic E-state index is -0.450. The molecule has 0 spiro atoms. The van der Waals surface area contributed by atoms with Crippen molar-refractivity contribution >= 4 is 16.9 Å². The molecule has 0 aliphatic rings. The van der Waals surface area contributed by atoms with Gasteiger partial charge in [-0.05, 0) is 11.6 Å². The van der Waals surface area contributed by atoms with Crippen LogP contribution in [0.3, 0.4) is 0 Å². The average molecular weight is 461 g/mol. The fraction of sp³-hybridized carbons (Fsp3) is 0.250. The number of para-hydroxylation sites is 1. The molecule has 0 bridgehead atoms. The van der Waals surface area contributed by atoms with Gasteiger partial charge in [0.2, 0.25) is 0 Å². The van der Waals surface area contributed by atoms with Gasteiger partial charge in [-0.3, -0.25) is 0 Å². The molecule has 1 aromatic heterocycles. The van der Waals surface area contributed by atoms with Crippen LogP contribution in [0.4, 0.5) is 0 Å². The van der Waals surface area contributed by atoms with E-state index in [0.717, 1.165) is 10.9 Å². The molecular weight excluding hydrogens is 449 g/mol. The molecule has 5 nitrogen and oxygen atoms in total. The Balaban J connectivity index is 0.00000162. The third-order valence-electron chi connectivity index (χ3n) is 2.41. The van der Waals surface area contributed by atoms with Crippen molar-refractivity contribution in [3.05, 3.63) is 35.8 Å². The van der Waals surface area contributed by atoms with Gasteiger partial charge in [0.15, 0.2) is 17.9 Å². The smallest absolute Gasteiger partial charge is 0.343 e. The van der Waals surface area contributed by atoms with Gasteiger partial charge >= 0.3 is 5.97 Å². The summed E-state index contributed by atoms with van der Waals surface area (Å²) < 4.78 is 15.1. The zero-order valence-corrected chi connectivity index (χ0v) is 14.7. The summed E-state index contributed by atoms with van der Waals surface area (Å²) in [4.78, 5) is 11.0. The number of carbonyl (C=O) groups excluding carboxylic acids is 1. The van der Waals surface area contributed by atoms with E-state index in [-0.39, 0.29) is 57.2 Å². The number of nitrogens with one attached hydrogen (secondary N) is 1. The van der Waals surface area contributed by atoms with Crippen LogP contribution in [0.15, 0.2) is 28.9 Å². The van der Waals surface area contributed by atoms with E-state index >= 15 is 0 Å². The van der Waals surface area contributed by atoms with Crippen LogP contribution in [0.1, 0.15) is 5.56 Å². The summed E-state index contributed by atoms with van der Waals surface area (Å²) in [5, 5.41) is 0.836. The van der Waals surface area contributed by atoms with Crippen LogP contribution in [0.5, 0.6) is 5.75 Å². The summed E-state index contributed by atoms with van der Waals surface area (Å²) in [6.45, 7) is -0.0139. The molecule has 0 unspecified atom stereocenters. The topological polar surface area (TPSA) is 72.5 Å². The predicted molar refractivity (Wildman–Crippen MR) is 61.8 cm³/mol. The zero-order chi connectivity index (χ0) is 12.3. The van der Waals surface area contributed by atoms with Crippen LogP contribution >= 0.6 is 0 Å². The number of furan rings is 1. The Morgan fingerprint density at radius 2 is 2.22 bits per heavy atom. The molecule has 1 N–H and O–H groups in total. The van der Waals surface area contributed by atoms with Crippen LogP contribution in [-0.4, -0.2) is 19.7 Å². The van der Waals surface area contributed by atoms with Gasteiger partial charge in [-0.1, -0.05) is 12.1 Å². The molecule has 18 heavy (non-hydrogen) atoms. The fourth-order valence-corrected chi connectivity index (χ4v) is 1.53. The van der Waals surface area contributed by atoms with Gasteiger partial charge in [0, 0.05) is 49.4 Å². The van der Waals surface area contributed by atoms with E-state index in [1.54, 1.807) is 12.1 Å². The second-order valence-electron chi connectivity index (χ2n) is 3.44. The van der Waals surface area contributed by atoms with E-state index in [1.165, 1.54) is 13.4 Å². The van der Waals surface area contributed by atoms with Crippen molar-refractivity contribution in [1.29, 1.82) is 0 Å². The van der Waals surface area contributed by atoms with E-state index < -0.39 is 5.97 Å². The number of rotatable bonds is 4. The summed E-state index contributed by atoms with van der Waals surface area (Å²) >= 11 is 0. The molecule has 2 rings (SSSR count). The largest absolute Gasteiger partial charge is 0.674 e. The summed E-state index contributed by atoms with van der Waals surface area (Å²) in [7, 11) is 1.30. The minimum absolute atomic E-state index is 0. The first-order valence-corrected chi connectivity index (χ1v) is 5.09. The number of hydrogen-bond donors (Lipinski definition) is 0. The monoisotopic (exact) mass is 461 g/mol. The molecule has 0 saturated carbocycles. The number of fused-ring (bicyclic) bond motifs is 1. The first kappa shape index (κ1) is 15.5. The maximum atomic E-state index is 11.0. The second-order valence-corrected chi connectivity index (χ2v) is 3.44.